The summed E-state index contributed by atoms with van der Waals surface area (Å²) in [6.07, 6.45) is 0. The van der Waals surface area contributed by atoms with Crippen LogP contribution in [0.25, 0.3) is 0 Å². The van der Waals surface area contributed by atoms with E-state index in [4.69, 9.17) is 5.14 Å². The summed E-state index contributed by atoms with van der Waals surface area (Å²) in [5, 5.41) is 18.6. The smallest absolute Gasteiger partial charge is 0.269 e. The average Bonchev–Trinajstić information content (AvgIpc) is 2.45. The average molecular weight is 307 g/mol. The fourth-order valence-corrected chi connectivity index (χ4v) is 2.28. The highest BCUT2D eigenvalue weighted by Gasteiger charge is 2.08. The largest absolute Gasteiger partial charge is 0.381 e. The second kappa shape index (κ2) is 5.90. The summed E-state index contributed by atoms with van der Waals surface area (Å²) >= 11 is 0. The summed E-state index contributed by atoms with van der Waals surface area (Å²) in [5.41, 5.74) is 1.46. The number of benzene rings is 2. The van der Waals surface area contributed by atoms with Gasteiger partial charge in [-0.15, -0.1) is 0 Å². The number of nitro groups is 1. The van der Waals surface area contributed by atoms with Crippen molar-refractivity contribution < 1.29 is 13.3 Å². The minimum atomic E-state index is -3.74. The molecule has 21 heavy (non-hydrogen) atoms. The number of primary sulfonamides is 1. The van der Waals surface area contributed by atoms with Gasteiger partial charge in [0.15, 0.2) is 0 Å². The van der Waals surface area contributed by atoms with Crippen LogP contribution in [0.15, 0.2) is 53.4 Å². The van der Waals surface area contributed by atoms with Crippen molar-refractivity contribution in [2.24, 2.45) is 5.14 Å². The van der Waals surface area contributed by atoms with Gasteiger partial charge in [0, 0.05) is 24.4 Å². The van der Waals surface area contributed by atoms with Crippen LogP contribution in [0.1, 0.15) is 5.56 Å². The Labute approximate surface area is 121 Å². The third-order valence-electron chi connectivity index (χ3n) is 2.81. The van der Waals surface area contributed by atoms with Gasteiger partial charge in [0.2, 0.25) is 10.0 Å². The molecule has 7 nitrogen and oxygen atoms in total. The molecule has 2 aromatic carbocycles. The second-order valence-electron chi connectivity index (χ2n) is 4.35. The molecule has 2 aromatic rings. The Morgan fingerprint density at radius 3 is 2.38 bits per heavy atom. The molecule has 0 bridgehead atoms. The fraction of sp³-hybridized carbons (Fsp3) is 0.0769. The van der Waals surface area contributed by atoms with E-state index in [1.807, 2.05) is 0 Å². The molecule has 0 fully saturated rings. The molecule has 110 valence electrons. The van der Waals surface area contributed by atoms with Crippen LogP contribution in [0.2, 0.25) is 0 Å². The van der Waals surface area contributed by atoms with Crippen LogP contribution in [0.4, 0.5) is 11.4 Å². The van der Waals surface area contributed by atoms with E-state index in [1.54, 1.807) is 24.3 Å². The zero-order chi connectivity index (χ0) is 15.5. The second-order valence-corrected chi connectivity index (χ2v) is 5.91. The Morgan fingerprint density at radius 2 is 1.81 bits per heavy atom. The molecular weight excluding hydrogens is 294 g/mol. The van der Waals surface area contributed by atoms with Gasteiger partial charge in [-0.1, -0.05) is 18.2 Å². The van der Waals surface area contributed by atoms with Crippen molar-refractivity contribution in [3.63, 3.8) is 0 Å². The maximum atomic E-state index is 11.2. The van der Waals surface area contributed by atoms with E-state index >= 15 is 0 Å². The molecule has 0 aliphatic rings. The van der Waals surface area contributed by atoms with E-state index in [1.165, 1.54) is 24.3 Å². The van der Waals surface area contributed by atoms with Crippen molar-refractivity contribution in [1.82, 2.24) is 0 Å². The van der Waals surface area contributed by atoms with Gasteiger partial charge >= 0.3 is 0 Å². The van der Waals surface area contributed by atoms with E-state index in [9.17, 15) is 18.5 Å². The predicted octanol–water partition coefficient (Wildman–Crippen LogP) is 1.85. The molecule has 0 aliphatic heterocycles. The maximum Gasteiger partial charge on any atom is 0.269 e. The molecule has 0 spiro atoms. The summed E-state index contributed by atoms with van der Waals surface area (Å²) < 4.78 is 22.5. The van der Waals surface area contributed by atoms with Gasteiger partial charge in [0.1, 0.15) is 0 Å². The SMILES string of the molecule is NS(=O)(=O)c1cccc(NCc2ccc([N+](=O)[O-])cc2)c1. The molecule has 2 rings (SSSR count). The first-order valence-electron chi connectivity index (χ1n) is 5.96. The molecule has 8 heteroatoms. The molecule has 3 N–H and O–H groups in total. The molecule has 0 unspecified atom stereocenters. The lowest BCUT2D eigenvalue weighted by molar-refractivity contribution is -0.384. The topological polar surface area (TPSA) is 115 Å². The summed E-state index contributed by atoms with van der Waals surface area (Å²) in [4.78, 5) is 10.1. The molecule has 0 heterocycles. The van der Waals surface area contributed by atoms with E-state index in [0.29, 0.717) is 12.2 Å². The van der Waals surface area contributed by atoms with Gasteiger partial charge in [-0.3, -0.25) is 10.1 Å². The lowest BCUT2D eigenvalue weighted by Crippen LogP contribution is -2.12. The van der Waals surface area contributed by atoms with Gasteiger partial charge in [-0.25, -0.2) is 13.6 Å². The van der Waals surface area contributed by atoms with Crippen LogP contribution in [-0.2, 0) is 16.6 Å². The number of non-ortho nitro benzene ring substituents is 1. The van der Waals surface area contributed by atoms with Crippen LogP contribution in [0.3, 0.4) is 0 Å². The van der Waals surface area contributed by atoms with E-state index in [-0.39, 0.29) is 10.6 Å². The van der Waals surface area contributed by atoms with Gasteiger partial charge in [0.05, 0.1) is 9.82 Å². The third-order valence-corrected chi connectivity index (χ3v) is 3.72. The van der Waals surface area contributed by atoms with Crippen LogP contribution >= 0.6 is 0 Å². The Bertz CT molecular complexity index is 757. The Morgan fingerprint density at radius 1 is 1.14 bits per heavy atom. The van der Waals surface area contributed by atoms with Crippen LogP contribution in [0, 0.1) is 10.1 Å². The minimum Gasteiger partial charge on any atom is -0.381 e. The van der Waals surface area contributed by atoms with Crippen molar-refractivity contribution in [3.8, 4) is 0 Å². The number of nitrogens with two attached hydrogens (primary N) is 1. The first-order chi connectivity index (χ1) is 9.86. The summed E-state index contributed by atoms with van der Waals surface area (Å²) in [6.45, 7) is 0.409. The zero-order valence-electron chi connectivity index (χ0n) is 10.9. The lowest BCUT2D eigenvalue weighted by Gasteiger charge is -2.07. The highest BCUT2D eigenvalue weighted by Crippen LogP contribution is 2.16. The van der Waals surface area contributed by atoms with Crippen molar-refractivity contribution in [3.05, 3.63) is 64.2 Å². The number of nitro benzene ring substituents is 1. The summed E-state index contributed by atoms with van der Waals surface area (Å²) in [7, 11) is -3.74. The van der Waals surface area contributed by atoms with Crippen LogP contribution in [-0.4, -0.2) is 13.3 Å². The minimum absolute atomic E-state index is 0.0231. The molecule has 0 atom stereocenters. The number of sulfonamides is 1. The molecule has 0 aliphatic carbocycles. The standard InChI is InChI=1S/C13H13N3O4S/c14-21(19,20)13-3-1-2-11(8-13)15-9-10-4-6-12(7-5-10)16(17)18/h1-8,15H,9H2,(H2,14,19,20). The number of nitrogens with one attached hydrogen (secondary N) is 1. The molecule has 0 aromatic heterocycles. The van der Waals surface area contributed by atoms with E-state index < -0.39 is 14.9 Å². The maximum absolute atomic E-state index is 11.2. The van der Waals surface area contributed by atoms with Crippen LogP contribution < -0.4 is 10.5 Å². The lowest BCUT2D eigenvalue weighted by atomic mass is 10.2. The Balaban J connectivity index is 2.08. The van der Waals surface area contributed by atoms with Gasteiger partial charge in [-0.05, 0) is 23.8 Å². The molecule has 0 amide bonds. The van der Waals surface area contributed by atoms with Gasteiger partial charge < -0.3 is 5.32 Å². The van der Waals surface area contributed by atoms with Crippen LogP contribution in [0.5, 0.6) is 0 Å². The molecule has 0 saturated heterocycles. The fourth-order valence-electron chi connectivity index (χ4n) is 1.72. The first-order valence-corrected chi connectivity index (χ1v) is 7.51. The summed E-state index contributed by atoms with van der Waals surface area (Å²) in [5.74, 6) is 0. The predicted molar refractivity (Wildman–Crippen MR) is 78.2 cm³/mol. The number of hydrogen-bond acceptors (Lipinski definition) is 5. The van der Waals surface area contributed by atoms with E-state index in [2.05, 4.69) is 5.32 Å². The Hall–Kier alpha value is -2.45. The molecule has 0 radical (unpaired) electrons. The van der Waals surface area contributed by atoms with Gasteiger partial charge in [0.25, 0.3) is 5.69 Å². The monoisotopic (exact) mass is 307 g/mol. The number of anilines is 1. The number of nitrogens with zero attached hydrogens (tertiary/aromatic N) is 1. The number of rotatable bonds is 5. The quantitative estimate of drug-likeness (QED) is 0.646. The first kappa shape index (κ1) is 14.9. The van der Waals surface area contributed by atoms with Crippen molar-refractivity contribution in [1.29, 1.82) is 0 Å². The highest BCUT2D eigenvalue weighted by molar-refractivity contribution is 7.89. The van der Waals surface area contributed by atoms with Crippen molar-refractivity contribution in [2.45, 2.75) is 11.4 Å². The normalized spacial score (nSPS) is 11.1. The Kier molecular flexibility index (Phi) is 4.20. The van der Waals surface area contributed by atoms with E-state index in [0.717, 1.165) is 5.56 Å². The molecule has 0 saturated carbocycles. The molecular formula is C13H13N3O4S. The summed E-state index contributed by atoms with van der Waals surface area (Å²) in [6, 6.07) is 12.2. The van der Waals surface area contributed by atoms with Gasteiger partial charge in [-0.2, -0.15) is 0 Å². The number of hydrogen-bond donors (Lipinski definition) is 2. The van der Waals surface area contributed by atoms with Crippen molar-refractivity contribution in [2.75, 3.05) is 5.32 Å². The zero-order valence-corrected chi connectivity index (χ0v) is 11.7. The van der Waals surface area contributed by atoms with Crippen molar-refractivity contribution >= 4 is 21.4 Å². The third kappa shape index (κ3) is 4.01. The highest BCUT2D eigenvalue weighted by atomic mass is 32.2.